The molecule has 2 amide bonds. The van der Waals surface area contributed by atoms with Crippen LogP contribution in [0, 0.1) is 5.92 Å². The van der Waals surface area contributed by atoms with Crippen LogP contribution in [0.15, 0.2) is 24.5 Å². The summed E-state index contributed by atoms with van der Waals surface area (Å²) in [5.74, 6) is 0.892. The van der Waals surface area contributed by atoms with Crippen molar-refractivity contribution in [2.45, 2.75) is 63.1 Å². The number of aliphatic hydroxyl groups is 1. The normalized spacial score (nSPS) is 25.9. The Kier molecular flexibility index (Phi) is 6.45. The zero-order chi connectivity index (χ0) is 20.2. The molecule has 7 nitrogen and oxygen atoms in total. The molecule has 2 aliphatic heterocycles. The monoisotopic (exact) mass is 400 g/mol. The number of hydrogen-bond acceptors (Lipinski definition) is 5. The minimum Gasteiger partial charge on any atom is -0.393 e. The summed E-state index contributed by atoms with van der Waals surface area (Å²) < 4.78 is 0. The second-order valence-electron chi connectivity index (χ2n) is 8.79. The zero-order valence-corrected chi connectivity index (χ0v) is 17.0. The highest BCUT2D eigenvalue weighted by molar-refractivity contribution is 5.93. The number of amides is 2. The van der Waals surface area contributed by atoms with Crippen LogP contribution in [0.1, 0.15) is 55.3 Å². The van der Waals surface area contributed by atoms with Crippen LogP contribution in [0.25, 0.3) is 0 Å². The van der Waals surface area contributed by atoms with E-state index in [1.54, 1.807) is 24.5 Å². The van der Waals surface area contributed by atoms with Gasteiger partial charge >= 0.3 is 0 Å². The molecule has 3 aliphatic rings. The molecule has 3 fully saturated rings. The number of carbonyl (C=O) groups excluding carboxylic acids is 2. The van der Waals surface area contributed by atoms with Gasteiger partial charge in [0.2, 0.25) is 5.91 Å². The van der Waals surface area contributed by atoms with Crippen molar-refractivity contribution in [3.8, 4) is 0 Å². The van der Waals surface area contributed by atoms with Crippen LogP contribution in [0.4, 0.5) is 0 Å². The highest BCUT2D eigenvalue weighted by Gasteiger charge is 2.38. The fraction of sp³-hybridized carbons (Fsp3) is 0.682. The Morgan fingerprint density at radius 1 is 1.03 bits per heavy atom. The number of pyridine rings is 1. The Labute approximate surface area is 172 Å². The van der Waals surface area contributed by atoms with Gasteiger partial charge in [0.05, 0.1) is 6.10 Å². The van der Waals surface area contributed by atoms with E-state index in [1.165, 1.54) is 12.8 Å². The summed E-state index contributed by atoms with van der Waals surface area (Å²) in [4.78, 5) is 33.6. The molecular formula is C22H32N4O3. The summed E-state index contributed by atoms with van der Waals surface area (Å²) in [6, 6.07) is 4.01. The van der Waals surface area contributed by atoms with Gasteiger partial charge in [0.15, 0.2) is 0 Å². The number of nitrogens with zero attached hydrogens (tertiary/aromatic N) is 3. The molecular weight excluding hydrogens is 368 g/mol. The number of aliphatic hydroxyl groups excluding tert-OH is 1. The molecule has 0 bridgehead atoms. The summed E-state index contributed by atoms with van der Waals surface area (Å²) in [5, 5.41) is 12.8. The first-order valence-corrected chi connectivity index (χ1v) is 11.0. The van der Waals surface area contributed by atoms with Crippen LogP contribution in [0.2, 0.25) is 0 Å². The molecule has 4 rings (SSSR count). The van der Waals surface area contributed by atoms with E-state index in [0.29, 0.717) is 50.5 Å². The Balaban J connectivity index is 1.32. The van der Waals surface area contributed by atoms with Gasteiger partial charge in [-0.05, 0) is 56.6 Å². The third-order valence-corrected chi connectivity index (χ3v) is 6.61. The van der Waals surface area contributed by atoms with Gasteiger partial charge in [-0.1, -0.05) is 0 Å². The second-order valence-corrected chi connectivity index (χ2v) is 8.79. The summed E-state index contributed by atoms with van der Waals surface area (Å²) in [7, 11) is 0. The lowest BCUT2D eigenvalue weighted by molar-refractivity contribution is -0.134. The van der Waals surface area contributed by atoms with Crippen LogP contribution in [-0.2, 0) is 4.79 Å². The first kappa shape index (κ1) is 20.3. The summed E-state index contributed by atoms with van der Waals surface area (Å²) in [6.45, 7) is 2.99. The van der Waals surface area contributed by atoms with E-state index < -0.39 is 0 Å². The summed E-state index contributed by atoms with van der Waals surface area (Å²) in [6.07, 6.45) is 9.50. The minimum atomic E-state index is -0.259. The predicted molar refractivity (Wildman–Crippen MR) is 109 cm³/mol. The Hall–Kier alpha value is -1.99. The molecule has 0 spiro atoms. The maximum atomic E-state index is 12.8. The number of nitrogens with one attached hydrogen (secondary N) is 1. The average Bonchev–Trinajstić information content (AvgIpc) is 3.49. The predicted octanol–water partition coefficient (Wildman–Crippen LogP) is 1.43. The first-order valence-electron chi connectivity index (χ1n) is 11.0. The molecule has 1 saturated carbocycles. The van der Waals surface area contributed by atoms with E-state index in [1.807, 2.05) is 4.90 Å². The highest BCUT2D eigenvalue weighted by atomic mass is 16.3. The van der Waals surface area contributed by atoms with Crippen molar-refractivity contribution in [3.05, 3.63) is 30.1 Å². The van der Waals surface area contributed by atoms with E-state index in [9.17, 15) is 14.7 Å². The zero-order valence-electron chi connectivity index (χ0n) is 17.0. The van der Waals surface area contributed by atoms with Crippen LogP contribution < -0.4 is 5.32 Å². The molecule has 1 aliphatic carbocycles. The lowest BCUT2D eigenvalue weighted by Gasteiger charge is -2.33. The van der Waals surface area contributed by atoms with E-state index in [0.717, 1.165) is 25.3 Å². The van der Waals surface area contributed by atoms with Crippen molar-refractivity contribution in [2.24, 2.45) is 5.92 Å². The Morgan fingerprint density at radius 2 is 1.72 bits per heavy atom. The van der Waals surface area contributed by atoms with Crippen LogP contribution >= 0.6 is 0 Å². The molecule has 0 radical (unpaired) electrons. The van der Waals surface area contributed by atoms with Gasteiger partial charge in [0.25, 0.3) is 5.91 Å². The van der Waals surface area contributed by atoms with E-state index in [-0.39, 0.29) is 24.0 Å². The van der Waals surface area contributed by atoms with Crippen LogP contribution in [-0.4, -0.2) is 76.1 Å². The maximum absolute atomic E-state index is 12.8. The molecule has 1 aromatic rings. The molecule has 2 N–H and O–H groups in total. The van der Waals surface area contributed by atoms with E-state index in [4.69, 9.17) is 0 Å². The Bertz CT molecular complexity index is 701. The van der Waals surface area contributed by atoms with Crippen molar-refractivity contribution in [1.29, 1.82) is 0 Å². The second kappa shape index (κ2) is 9.22. The van der Waals surface area contributed by atoms with Crippen LogP contribution in [0.5, 0.6) is 0 Å². The SMILES string of the molecule is O=C(NC[C@@H]1CC[C@H](CC(=O)N2CCC(O)CC2)N1CC1CC1)c1ccncc1. The van der Waals surface area contributed by atoms with Gasteiger partial charge < -0.3 is 15.3 Å². The van der Waals surface area contributed by atoms with Crippen molar-refractivity contribution >= 4 is 11.8 Å². The average molecular weight is 401 g/mol. The van der Waals surface area contributed by atoms with Gasteiger partial charge in [-0.25, -0.2) is 0 Å². The first-order chi connectivity index (χ1) is 14.1. The Morgan fingerprint density at radius 3 is 2.41 bits per heavy atom. The molecule has 29 heavy (non-hydrogen) atoms. The van der Waals surface area contributed by atoms with Gasteiger partial charge in [-0.3, -0.25) is 19.5 Å². The number of hydrogen-bond donors (Lipinski definition) is 2. The molecule has 0 aromatic carbocycles. The summed E-state index contributed by atoms with van der Waals surface area (Å²) in [5.41, 5.74) is 0.630. The van der Waals surface area contributed by atoms with Crippen molar-refractivity contribution < 1.29 is 14.7 Å². The smallest absolute Gasteiger partial charge is 0.251 e. The van der Waals surface area contributed by atoms with Gasteiger partial charge in [0, 0.05) is 62.6 Å². The third-order valence-electron chi connectivity index (χ3n) is 6.61. The van der Waals surface area contributed by atoms with Crippen molar-refractivity contribution in [1.82, 2.24) is 20.1 Å². The summed E-state index contributed by atoms with van der Waals surface area (Å²) >= 11 is 0. The van der Waals surface area contributed by atoms with E-state index >= 15 is 0 Å². The number of likely N-dealkylation sites (tertiary alicyclic amines) is 2. The fourth-order valence-electron chi connectivity index (χ4n) is 4.61. The van der Waals surface area contributed by atoms with Gasteiger partial charge in [0.1, 0.15) is 0 Å². The third kappa shape index (κ3) is 5.34. The molecule has 2 saturated heterocycles. The topological polar surface area (TPSA) is 85.8 Å². The highest BCUT2D eigenvalue weighted by Crippen LogP contribution is 2.35. The van der Waals surface area contributed by atoms with Crippen molar-refractivity contribution in [2.75, 3.05) is 26.2 Å². The number of rotatable bonds is 7. The number of aromatic nitrogens is 1. The lowest BCUT2D eigenvalue weighted by Crippen LogP contribution is -2.47. The number of carbonyl (C=O) groups is 2. The van der Waals surface area contributed by atoms with Gasteiger partial charge in [-0.2, -0.15) is 0 Å². The molecule has 0 unspecified atom stereocenters. The molecule has 2 atom stereocenters. The van der Waals surface area contributed by atoms with Crippen LogP contribution in [0.3, 0.4) is 0 Å². The minimum absolute atomic E-state index is 0.0647. The number of piperidine rings is 1. The lowest BCUT2D eigenvalue weighted by atomic mass is 10.1. The largest absolute Gasteiger partial charge is 0.393 e. The molecule has 7 heteroatoms. The quantitative estimate of drug-likeness (QED) is 0.723. The molecule has 158 valence electrons. The molecule has 3 heterocycles. The van der Waals surface area contributed by atoms with Crippen molar-refractivity contribution in [3.63, 3.8) is 0 Å². The van der Waals surface area contributed by atoms with Gasteiger partial charge in [-0.15, -0.1) is 0 Å². The standard InChI is InChI=1S/C22H32N4O3/c27-20-7-11-25(12-8-20)21(28)13-18-3-4-19(26(18)15-16-1-2-16)14-24-22(29)17-5-9-23-10-6-17/h5-6,9-10,16,18-20,27H,1-4,7-8,11-15H2,(H,24,29)/t18-,19+/m1/s1. The van der Waals surface area contributed by atoms with E-state index in [2.05, 4.69) is 15.2 Å². The molecule has 1 aromatic heterocycles. The maximum Gasteiger partial charge on any atom is 0.251 e. The fourth-order valence-corrected chi connectivity index (χ4v) is 4.61.